The molecule has 0 saturated heterocycles. The Labute approximate surface area is 198 Å². The molecule has 172 valence electrons. The molecule has 7 nitrogen and oxygen atoms in total. The number of ether oxygens (including phenoxy) is 2. The topological polar surface area (TPSA) is 77.4 Å². The van der Waals surface area contributed by atoms with Gasteiger partial charge < -0.3 is 9.47 Å². The fraction of sp³-hybridized carbons (Fsp3) is 0.360. The van der Waals surface area contributed by atoms with Crippen molar-refractivity contribution in [2.75, 3.05) is 10.7 Å². The summed E-state index contributed by atoms with van der Waals surface area (Å²) in [6, 6.07) is 15.2. The molecular weight excluding hydrogens is 436 g/mol. The highest BCUT2D eigenvalue weighted by Gasteiger charge is 2.36. The molecule has 1 aliphatic heterocycles. The molecule has 1 aromatic heterocycles. The van der Waals surface area contributed by atoms with Crippen LogP contribution in [0, 0.1) is 0 Å². The average molecular weight is 465 g/mol. The summed E-state index contributed by atoms with van der Waals surface area (Å²) in [7, 11) is 0. The standard InChI is InChI=1S/C25H28N4O3S/c1-5-6-15-33-25-26-23-22(27-28-25)18-11-7-9-13-20(18)29(17(4)30)24(32-23)19-12-8-10-14-21(19)31-16(2)3/h7-14,16,24H,5-6,15H2,1-4H3. The van der Waals surface area contributed by atoms with Crippen LogP contribution in [0.4, 0.5) is 5.69 Å². The van der Waals surface area contributed by atoms with Crippen molar-refractivity contribution in [3.63, 3.8) is 0 Å². The van der Waals surface area contributed by atoms with Crippen LogP contribution in [0.2, 0.25) is 0 Å². The summed E-state index contributed by atoms with van der Waals surface area (Å²) >= 11 is 1.55. The van der Waals surface area contributed by atoms with E-state index in [1.165, 1.54) is 6.92 Å². The van der Waals surface area contributed by atoms with Crippen LogP contribution in [0.25, 0.3) is 11.3 Å². The molecule has 3 aromatic rings. The molecule has 0 fully saturated rings. The first-order chi connectivity index (χ1) is 16.0. The van der Waals surface area contributed by atoms with Crippen molar-refractivity contribution >= 4 is 23.4 Å². The number of thioether (sulfide) groups is 1. The number of amides is 1. The largest absolute Gasteiger partial charge is 0.491 e. The maximum atomic E-state index is 13.0. The van der Waals surface area contributed by atoms with Gasteiger partial charge in [0.1, 0.15) is 5.75 Å². The Kier molecular flexibility index (Phi) is 7.13. The Morgan fingerprint density at radius 3 is 2.67 bits per heavy atom. The third-order valence-electron chi connectivity index (χ3n) is 5.13. The van der Waals surface area contributed by atoms with Gasteiger partial charge in [-0.15, -0.1) is 10.2 Å². The number of para-hydroxylation sites is 2. The number of benzene rings is 2. The van der Waals surface area contributed by atoms with Crippen LogP contribution >= 0.6 is 11.8 Å². The molecule has 1 atom stereocenters. The quantitative estimate of drug-likeness (QED) is 0.330. The number of hydrogen-bond donors (Lipinski definition) is 0. The number of anilines is 1. The van der Waals surface area contributed by atoms with Gasteiger partial charge in [-0.1, -0.05) is 55.4 Å². The minimum absolute atomic E-state index is 0.0344. The van der Waals surface area contributed by atoms with E-state index < -0.39 is 6.23 Å². The highest BCUT2D eigenvalue weighted by atomic mass is 32.2. The van der Waals surface area contributed by atoms with Crippen LogP contribution < -0.4 is 14.4 Å². The van der Waals surface area contributed by atoms with E-state index in [0.29, 0.717) is 28.2 Å². The Morgan fingerprint density at radius 2 is 1.91 bits per heavy atom. The van der Waals surface area contributed by atoms with Crippen LogP contribution in [0.5, 0.6) is 11.6 Å². The molecule has 2 aromatic carbocycles. The molecule has 0 spiro atoms. The van der Waals surface area contributed by atoms with Gasteiger partial charge in [-0.2, -0.15) is 4.98 Å². The Balaban J connectivity index is 1.87. The van der Waals surface area contributed by atoms with Gasteiger partial charge in [0.05, 0.1) is 17.4 Å². The smallest absolute Gasteiger partial charge is 0.247 e. The minimum Gasteiger partial charge on any atom is -0.491 e. The van der Waals surface area contributed by atoms with Crippen LogP contribution in [-0.4, -0.2) is 32.9 Å². The number of aromatic nitrogens is 3. The Bertz CT molecular complexity index is 1140. The second-order valence-electron chi connectivity index (χ2n) is 8.03. The van der Waals surface area contributed by atoms with Gasteiger partial charge in [0.2, 0.25) is 23.2 Å². The molecule has 0 radical (unpaired) electrons. The van der Waals surface area contributed by atoms with Crippen LogP contribution in [-0.2, 0) is 4.79 Å². The van der Waals surface area contributed by atoms with Crippen molar-refractivity contribution < 1.29 is 14.3 Å². The van der Waals surface area contributed by atoms with Crippen molar-refractivity contribution in [2.45, 2.75) is 58.0 Å². The molecule has 0 saturated carbocycles. The highest BCUT2D eigenvalue weighted by molar-refractivity contribution is 7.99. The third kappa shape index (κ3) is 4.95. The SMILES string of the molecule is CCCCSc1nnc2c(n1)OC(c1ccccc1OC(C)C)N(C(C)=O)c1ccccc1-2. The molecule has 0 N–H and O–H groups in total. The zero-order valence-electron chi connectivity index (χ0n) is 19.3. The van der Waals surface area contributed by atoms with Gasteiger partial charge in [0.25, 0.3) is 0 Å². The van der Waals surface area contributed by atoms with E-state index in [2.05, 4.69) is 17.1 Å². The monoisotopic (exact) mass is 464 g/mol. The van der Waals surface area contributed by atoms with E-state index in [-0.39, 0.29) is 12.0 Å². The van der Waals surface area contributed by atoms with E-state index >= 15 is 0 Å². The second kappa shape index (κ2) is 10.2. The normalized spacial score (nSPS) is 14.8. The zero-order valence-corrected chi connectivity index (χ0v) is 20.1. The predicted molar refractivity (Wildman–Crippen MR) is 130 cm³/mol. The summed E-state index contributed by atoms with van der Waals surface area (Å²) in [5.74, 6) is 1.75. The number of hydrogen-bond acceptors (Lipinski definition) is 7. The number of fused-ring (bicyclic) bond motifs is 3. The van der Waals surface area contributed by atoms with Crippen molar-refractivity contribution in [1.82, 2.24) is 15.2 Å². The lowest BCUT2D eigenvalue weighted by Crippen LogP contribution is -2.36. The van der Waals surface area contributed by atoms with Crippen LogP contribution in [0.1, 0.15) is 52.3 Å². The lowest BCUT2D eigenvalue weighted by Gasteiger charge is -2.31. The second-order valence-corrected chi connectivity index (χ2v) is 9.09. The van der Waals surface area contributed by atoms with E-state index in [1.54, 1.807) is 16.7 Å². The predicted octanol–water partition coefficient (Wildman–Crippen LogP) is 5.66. The average Bonchev–Trinajstić information content (AvgIpc) is 2.93. The zero-order chi connectivity index (χ0) is 23.4. The maximum absolute atomic E-state index is 13.0. The summed E-state index contributed by atoms with van der Waals surface area (Å²) in [6.45, 7) is 7.61. The van der Waals surface area contributed by atoms with E-state index in [9.17, 15) is 4.79 Å². The van der Waals surface area contributed by atoms with Gasteiger partial charge in [0.15, 0.2) is 5.69 Å². The molecule has 2 heterocycles. The van der Waals surface area contributed by atoms with Gasteiger partial charge in [0, 0.05) is 18.2 Å². The summed E-state index contributed by atoms with van der Waals surface area (Å²) < 4.78 is 12.5. The summed E-state index contributed by atoms with van der Waals surface area (Å²) in [6.07, 6.45) is 1.35. The van der Waals surface area contributed by atoms with E-state index in [4.69, 9.17) is 14.5 Å². The fourth-order valence-electron chi connectivity index (χ4n) is 3.67. The molecule has 33 heavy (non-hydrogen) atoms. The molecular formula is C25H28N4O3S. The molecule has 4 rings (SSSR count). The lowest BCUT2D eigenvalue weighted by atomic mass is 10.1. The van der Waals surface area contributed by atoms with E-state index in [0.717, 1.165) is 29.7 Å². The first-order valence-electron chi connectivity index (χ1n) is 11.2. The summed E-state index contributed by atoms with van der Waals surface area (Å²) in [4.78, 5) is 19.3. The number of rotatable bonds is 7. The number of carbonyl (C=O) groups excluding carboxylic acids is 1. The summed E-state index contributed by atoms with van der Waals surface area (Å²) in [5.41, 5.74) is 2.69. The molecule has 1 unspecified atom stereocenters. The fourth-order valence-corrected chi connectivity index (χ4v) is 4.53. The highest BCUT2D eigenvalue weighted by Crippen LogP contribution is 2.44. The van der Waals surface area contributed by atoms with Gasteiger partial charge >= 0.3 is 0 Å². The Morgan fingerprint density at radius 1 is 1.15 bits per heavy atom. The summed E-state index contributed by atoms with van der Waals surface area (Å²) in [5, 5.41) is 9.34. The lowest BCUT2D eigenvalue weighted by molar-refractivity contribution is -0.118. The molecule has 0 bridgehead atoms. The van der Waals surface area contributed by atoms with Crippen molar-refractivity contribution in [3.05, 3.63) is 54.1 Å². The van der Waals surface area contributed by atoms with Gasteiger partial charge in [-0.3, -0.25) is 9.69 Å². The molecule has 1 amide bonds. The van der Waals surface area contributed by atoms with Crippen LogP contribution in [0.15, 0.2) is 53.7 Å². The first-order valence-corrected chi connectivity index (χ1v) is 12.2. The Hall–Kier alpha value is -3.13. The maximum Gasteiger partial charge on any atom is 0.247 e. The first kappa shape index (κ1) is 23.0. The number of nitrogens with zero attached hydrogens (tertiary/aromatic N) is 4. The molecule has 8 heteroatoms. The van der Waals surface area contributed by atoms with Crippen molar-refractivity contribution in [3.8, 4) is 22.9 Å². The van der Waals surface area contributed by atoms with Gasteiger partial charge in [-0.05, 0) is 38.5 Å². The van der Waals surface area contributed by atoms with E-state index in [1.807, 2.05) is 62.4 Å². The van der Waals surface area contributed by atoms with Gasteiger partial charge in [-0.25, -0.2) is 0 Å². The number of carbonyl (C=O) groups is 1. The third-order valence-corrected chi connectivity index (χ3v) is 6.05. The minimum atomic E-state index is -0.773. The van der Waals surface area contributed by atoms with Crippen molar-refractivity contribution in [1.29, 1.82) is 0 Å². The molecule has 1 aliphatic rings. The van der Waals surface area contributed by atoms with Crippen molar-refractivity contribution in [2.24, 2.45) is 0 Å². The molecule has 0 aliphatic carbocycles. The number of unbranched alkanes of at least 4 members (excludes halogenated alkanes) is 1. The van der Waals surface area contributed by atoms with Crippen LogP contribution in [0.3, 0.4) is 0 Å².